The Bertz CT molecular complexity index is 641. The molecular weight excluding hydrogens is 399 g/mol. The third-order valence-electron chi connectivity index (χ3n) is 2.88. The first kappa shape index (κ1) is 16.0. The smallest absolute Gasteiger partial charge is 0.252 e. The Hall–Kier alpha value is -1.41. The number of nitrogens with one attached hydrogen (secondary N) is 2. The molecule has 0 aliphatic rings. The van der Waals surface area contributed by atoms with Crippen LogP contribution in [0.4, 0.5) is 5.69 Å². The lowest BCUT2D eigenvalue weighted by molar-refractivity contribution is -0.116. The van der Waals surface area contributed by atoms with Crippen LogP contribution in [0, 0.1) is 10.5 Å². The van der Waals surface area contributed by atoms with Crippen molar-refractivity contribution in [2.45, 2.75) is 13.3 Å². The summed E-state index contributed by atoms with van der Waals surface area (Å²) in [6.07, 6.45) is 0.250. The van der Waals surface area contributed by atoms with Crippen LogP contribution in [-0.4, -0.2) is 18.4 Å². The Labute approximate surface area is 141 Å². The van der Waals surface area contributed by atoms with Gasteiger partial charge in [-0.3, -0.25) is 9.59 Å². The van der Waals surface area contributed by atoms with Crippen molar-refractivity contribution in [2.24, 2.45) is 0 Å². The number of hydrogen-bond acceptors (Lipinski definition) is 3. The number of thiophene rings is 1. The third kappa shape index (κ3) is 4.82. The Morgan fingerprint density at radius 1 is 1.29 bits per heavy atom. The summed E-state index contributed by atoms with van der Waals surface area (Å²) in [5.41, 5.74) is 2.59. The second-order valence-corrected chi connectivity index (χ2v) is 6.47. The molecule has 2 rings (SSSR count). The van der Waals surface area contributed by atoms with Gasteiger partial charge in [-0.15, -0.1) is 0 Å². The minimum absolute atomic E-state index is 0.111. The van der Waals surface area contributed by atoms with E-state index >= 15 is 0 Å². The minimum Gasteiger partial charge on any atom is -0.351 e. The minimum atomic E-state index is -0.145. The highest BCUT2D eigenvalue weighted by atomic mass is 127. The molecule has 2 aromatic rings. The lowest BCUT2D eigenvalue weighted by atomic mass is 10.2. The number of anilines is 1. The maximum atomic E-state index is 11.8. The summed E-state index contributed by atoms with van der Waals surface area (Å²) in [4.78, 5) is 23.5. The number of benzene rings is 1. The first-order valence-corrected chi connectivity index (χ1v) is 8.45. The molecule has 0 bridgehead atoms. The molecule has 0 aliphatic carbocycles. The summed E-state index contributed by atoms with van der Waals surface area (Å²) in [6.45, 7) is 2.34. The van der Waals surface area contributed by atoms with Gasteiger partial charge >= 0.3 is 0 Å². The molecule has 1 heterocycles. The first-order valence-electron chi connectivity index (χ1n) is 6.42. The number of amides is 2. The van der Waals surface area contributed by atoms with E-state index in [9.17, 15) is 9.59 Å². The largest absolute Gasteiger partial charge is 0.351 e. The van der Waals surface area contributed by atoms with E-state index < -0.39 is 0 Å². The zero-order chi connectivity index (χ0) is 15.2. The number of carbonyl (C=O) groups excluding carboxylic acids is 2. The molecule has 110 valence electrons. The summed E-state index contributed by atoms with van der Waals surface area (Å²) >= 11 is 3.70. The summed E-state index contributed by atoms with van der Waals surface area (Å²) in [5.74, 6) is -0.255. The van der Waals surface area contributed by atoms with Crippen LogP contribution in [-0.2, 0) is 4.79 Å². The van der Waals surface area contributed by atoms with Gasteiger partial charge in [0.25, 0.3) is 5.91 Å². The van der Waals surface area contributed by atoms with Crippen LogP contribution in [0.15, 0.2) is 35.0 Å². The highest BCUT2D eigenvalue weighted by molar-refractivity contribution is 14.1. The van der Waals surface area contributed by atoms with Gasteiger partial charge in [0.15, 0.2) is 0 Å². The Kier molecular flexibility index (Phi) is 5.75. The highest BCUT2D eigenvalue weighted by Crippen LogP contribution is 2.17. The summed E-state index contributed by atoms with van der Waals surface area (Å²) < 4.78 is 1.11. The van der Waals surface area contributed by atoms with E-state index in [0.29, 0.717) is 12.1 Å². The number of rotatable bonds is 5. The van der Waals surface area contributed by atoms with Crippen LogP contribution in [0.2, 0.25) is 0 Å². The van der Waals surface area contributed by atoms with Gasteiger partial charge in [0, 0.05) is 33.2 Å². The maximum absolute atomic E-state index is 11.8. The van der Waals surface area contributed by atoms with Crippen LogP contribution in [0.25, 0.3) is 0 Å². The molecule has 21 heavy (non-hydrogen) atoms. The maximum Gasteiger partial charge on any atom is 0.252 e. The van der Waals surface area contributed by atoms with Crippen molar-refractivity contribution >= 4 is 51.4 Å². The molecule has 6 heteroatoms. The van der Waals surface area contributed by atoms with E-state index in [-0.39, 0.29) is 18.2 Å². The predicted octanol–water partition coefficient (Wildman–Crippen LogP) is 3.42. The number of aryl methyl sites for hydroxylation is 1. The van der Waals surface area contributed by atoms with Crippen molar-refractivity contribution < 1.29 is 9.59 Å². The fraction of sp³-hybridized carbons (Fsp3) is 0.200. The van der Waals surface area contributed by atoms with Crippen LogP contribution in [0.3, 0.4) is 0 Å². The highest BCUT2D eigenvalue weighted by Gasteiger charge is 2.07. The summed E-state index contributed by atoms with van der Waals surface area (Å²) in [7, 11) is 0. The van der Waals surface area contributed by atoms with Gasteiger partial charge in [0.1, 0.15) is 0 Å². The molecule has 1 aromatic heterocycles. The molecule has 0 fully saturated rings. The van der Waals surface area contributed by atoms with Crippen molar-refractivity contribution in [3.8, 4) is 0 Å². The fourth-order valence-corrected chi connectivity index (χ4v) is 2.83. The van der Waals surface area contributed by atoms with Crippen molar-refractivity contribution in [2.75, 3.05) is 11.9 Å². The molecule has 0 saturated carbocycles. The van der Waals surface area contributed by atoms with Gasteiger partial charge in [0.2, 0.25) is 5.91 Å². The van der Waals surface area contributed by atoms with Crippen molar-refractivity contribution in [1.82, 2.24) is 5.32 Å². The van der Waals surface area contributed by atoms with Crippen molar-refractivity contribution in [1.29, 1.82) is 0 Å². The first-order chi connectivity index (χ1) is 10.1. The molecular formula is C15H15IN2O2S. The lowest BCUT2D eigenvalue weighted by Crippen LogP contribution is -2.27. The predicted molar refractivity (Wildman–Crippen MR) is 93.8 cm³/mol. The summed E-state index contributed by atoms with van der Waals surface area (Å²) in [5, 5.41) is 9.18. The molecule has 0 aliphatic heterocycles. The molecule has 2 amide bonds. The van der Waals surface area contributed by atoms with Gasteiger partial charge in [-0.1, -0.05) is 6.07 Å². The quantitative estimate of drug-likeness (QED) is 0.737. The van der Waals surface area contributed by atoms with Gasteiger partial charge < -0.3 is 10.6 Å². The number of hydrogen-bond donors (Lipinski definition) is 2. The number of carbonyl (C=O) groups is 2. The van der Waals surface area contributed by atoms with Gasteiger partial charge in [0.05, 0.1) is 0 Å². The van der Waals surface area contributed by atoms with Gasteiger partial charge in [-0.2, -0.15) is 11.3 Å². The van der Waals surface area contributed by atoms with Crippen LogP contribution >= 0.6 is 33.9 Å². The molecule has 4 nitrogen and oxygen atoms in total. The molecule has 0 radical (unpaired) electrons. The number of halogens is 1. The second kappa shape index (κ2) is 7.56. The molecule has 2 N–H and O–H groups in total. The van der Waals surface area contributed by atoms with Gasteiger partial charge in [-0.25, -0.2) is 0 Å². The zero-order valence-electron chi connectivity index (χ0n) is 11.5. The molecule has 0 saturated heterocycles. The average molecular weight is 414 g/mol. The summed E-state index contributed by atoms with van der Waals surface area (Å²) in [6, 6.07) is 7.53. The SMILES string of the molecule is Cc1ccc(NC(=O)CCNC(=O)c2ccsc2)cc1I. The van der Waals surface area contributed by atoms with E-state index in [1.165, 1.54) is 16.9 Å². The molecule has 0 unspecified atom stereocenters. The molecule has 1 aromatic carbocycles. The average Bonchev–Trinajstić information content (AvgIpc) is 2.97. The standard InChI is InChI=1S/C15H15IN2O2S/c1-10-2-3-12(8-13(10)16)18-14(19)4-6-17-15(20)11-5-7-21-9-11/h2-3,5,7-9H,4,6H2,1H3,(H,17,20)(H,18,19). The van der Waals surface area contributed by atoms with Crippen LogP contribution < -0.4 is 10.6 Å². The topological polar surface area (TPSA) is 58.2 Å². The van der Waals surface area contributed by atoms with Crippen molar-refractivity contribution in [3.05, 3.63) is 49.7 Å². The third-order valence-corrected chi connectivity index (χ3v) is 4.72. The lowest BCUT2D eigenvalue weighted by Gasteiger charge is -2.07. The van der Waals surface area contributed by atoms with E-state index in [0.717, 1.165) is 9.26 Å². The Morgan fingerprint density at radius 2 is 2.10 bits per heavy atom. The fourth-order valence-electron chi connectivity index (χ4n) is 1.68. The Balaban J connectivity index is 1.77. The van der Waals surface area contributed by atoms with E-state index in [1.807, 2.05) is 30.5 Å². The normalized spacial score (nSPS) is 10.2. The molecule has 0 atom stereocenters. The zero-order valence-corrected chi connectivity index (χ0v) is 14.5. The monoisotopic (exact) mass is 414 g/mol. The van der Waals surface area contributed by atoms with Gasteiger partial charge in [-0.05, 0) is 58.7 Å². The molecule has 0 spiro atoms. The van der Waals surface area contributed by atoms with E-state index in [1.54, 1.807) is 11.4 Å². The van der Waals surface area contributed by atoms with E-state index in [4.69, 9.17) is 0 Å². The second-order valence-electron chi connectivity index (χ2n) is 4.53. The van der Waals surface area contributed by atoms with E-state index in [2.05, 4.69) is 33.2 Å². The van der Waals surface area contributed by atoms with Crippen LogP contribution in [0.1, 0.15) is 22.3 Å². The van der Waals surface area contributed by atoms with Crippen LogP contribution in [0.5, 0.6) is 0 Å². The van der Waals surface area contributed by atoms with Crippen molar-refractivity contribution in [3.63, 3.8) is 0 Å². The Morgan fingerprint density at radius 3 is 2.76 bits per heavy atom.